The van der Waals surface area contributed by atoms with Gasteiger partial charge in [0, 0.05) is 4.90 Å². The zero-order valence-electron chi connectivity index (χ0n) is 14.0. The number of amides is 1. The summed E-state index contributed by atoms with van der Waals surface area (Å²) in [5.41, 5.74) is 2.33. The summed E-state index contributed by atoms with van der Waals surface area (Å²) in [6.07, 6.45) is 0. The van der Waals surface area contributed by atoms with Crippen LogP contribution in [0.4, 0.5) is 0 Å². The number of carbonyl (C=O) groups is 1. The Labute approximate surface area is 142 Å². The molecule has 2 rings (SSSR count). The third kappa shape index (κ3) is 5.03. The maximum Gasteiger partial charge on any atom is 0.233 e. The molecule has 2 aromatic rings. The van der Waals surface area contributed by atoms with Gasteiger partial charge in [0.15, 0.2) is 0 Å². The average Bonchev–Trinajstić information content (AvgIpc) is 2.56. The number of benzene rings is 2. The number of thioether (sulfide) groups is 1. The van der Waals surface area contributed by atoms with Gasteiger partial charge in [-0.05, 0) is 50.6 Å². The molecule has 0 saturated carbocycles. The van der Waals surface area contributed by atoms with Gasteiger partial charge in [0.2, 0.25) is 5.91 Å². The van der Waals surface area contributed by atoms with Gasteiger partial charge in [-0.15, -0.1) is 11.8 Å². The highest BCUT2D eigenvalue weighted by molar-refractivity contribution is 8.00. The van der Waals surface area contributed by atoms with Crippen LogP contribution in [0.25, 0.3) is 0 Å². The largest absolute Gasteiger partial charge is 0.497 e. The van der Waals surface area contributed by atoms with E-state index in [-0.39, 0.29) is 17.2 Å². The monoisotopic (exact) mass is 329 g/mol. The fourth-order valence-corrected chi connectivity index (χ4v) is 3.06. The number of ether oxygens (including phenoxy) is 1. The number of rotatable bonds is 6. The van der Waals surface area contributed by atoms with E-state index < -0.39 is 0 Å². The molecule has 122 valence electrons. The van der Waals surface area contributed by atoms with Gasteiger partial charge < -0.3 is 10.1 Å². The normalized spacial score (nSPS) is 13.2. The van der Waals surface area contributed by atoms with Crippen LogP contribution in [0.2, 0.25) is 0 Å². The number of hydrogen-bond acceptors (Lipinski definition) is 3. The fraction of sp³-hybridized carbons (Fsp3) is 0.316. The van der Waals surface area contributed by atoms with E-state index in [0.717, 1.165) is 16.2 Å². The summed E-state index contributed by atoms with van der Waals surface area (Å²) in [6, 6.07) is 16.0. The van der Waals surface area contributed by atoms with Crippen molar-refractivity contribution in [3.05, 3.63) is 59.7 Å². The molecule has 4 heteroatoms. The number of aryl methyl sites for hydroxylation is 1. The zero-order valence-corrected chi connectivity index (χ0v) is 14.8. The zero-order chi connectivity index (χ0) is 16.8. The molecule has 0 heterocycles. The van der Waals surface area contributed by atoms with Gasteiger partial charge in [-0.2, -0.15) is 0 Å². The van der Waals surface area contributed by atoms with Crippen molar-refractivity contribution in [2.75, 3.05) is 7.11 Å². The van der Waals surface area contributed by atoms with Crippen molar-refractivity contribution in [3.8, 4) is 5.75 Å². The molecule has 0 aromatic heterocycles. The highest BCUT2D eigenvalue weighted by Gasteiger charge is 2.17. The summed E-state index contributed by atoms with van der Waals surface area (Å²) in [6.45, 7) is 5.99. The molecule has 1 amide bonds. The molecule has 3 nitrogen and oxygen atoms in total. The van der Waals surface area contributed by atoms with E-state index in [9.17, 15) is 4.79 Å². The molecule has 0 unspecified atom stereocenters. The predicted octanol–water partition coefficient (Wildman–Crippen LogP) is 4.36. The lowest BCUT2D eigenvalue weighted by Crippen LogP contribution is -2.33. The summed E-state index contributed by atoms with van der Waals surface area (Å²) < 4.78 is 5.14. The van der Waals surface area contributed by atoms with Crippen molar-refractivity contribution in [2.24, 2.45) is 0 Å². The molecule has 23 heavy (non-hydrogen) atoms. The van der Waals surface area contributed by atoms with Gasteiger partial charge in [0.25, 0.3) is 0 Å². The molecular formula is C19H23NO2S. The maximum atomic E-state index is 12.4. The van der Waals surface area contributed by atoms with Crippen molar-refractivity contribution >= 4 is 17.7 Å². The van der Waals surface area contributed by atoms with Crippen LogP contribution in [0.3, 0.4) is 0 Å². The minimum absolute atomic E-state index is 0.00187. The van der Waals surface area contributed by atoms with Gasteiger partial charge in [-0.3, -0.25) is 4.79 Å². The van der Waals surface area contributed by atoms with Gasteiger partial charge in [0.1, 0.15) is 5.75 Å². The lowest BCUT2D eigenvalue weighted by atomic mass is 10.1. The van der Waals surface area contributed by atoms with E-state index in [1.54, 1.807) is 18.9 Å². The lowest BCUT2D eigenvalue weighted by molar-refractivity contribution is -0.120. The minimum Gasteiger partial charge on any atom is -0.497 e. The Bertz CT molecular complexity index is 637. The molecular weight excluding hydrogens is 306 g/mol. The van der Waals surface area contributed by atoms with Crippen LogP contribution in [0.1, 0.15) is 31.0 Å². The summed E-state index contributed by atoms with van der Waals surface area (Å²) in [7, 11) is 1.64. The van der Waals surface area contributed by atoms with Crippen LogP contribution >= 0.6 is 11.8 Å². The highest BCUT2D eigenvalue weighted by atomic mass is 32.2. The van der Waals surface area contributed by atoms with Gasteiger partial charge in [-0.25, -0.2) is 0 Å². The summed E-state index contributed by atoms with van der Waals surface area (Å²) in [5.74, 6) is 0.860. The van der Waals surface area contributed by atoms with E-state index in [1.807, 2.05) is 38.1 Å². The number of hydrogen-bond donors (Lipinski definition) is 1. The quantitative estimate of drug-likeness (QED) is 0.800. The first-order valence-corrected chi connectivity index (χ1v) is 8.55. The Hall–Kier alpha value is -1.94. The van der Waals surface area contributed by atoms with E-state index in [2.05, 4.69) is 36.5 Å². The molecule has 2 aromatic carbocycles. The van der Waals surface area contributed by atoms with Crippen LogP contribution in [0.15, 0.2) is 53.4 Å². The Morgan fingerprint density at radius 1 is 1.04 bits per heavy atom. The predicted molar refractivity (Wildman–Crippen MR) is 96.0 cm³/mol. The molecule has 0 spiro atoms. The molecule has 0 saturated heterocycles. The molecule has 0 aliphatic carbocycles. The van der Waals surface area contributed by atoms with Gasteiger partial charge in [0.05, 0.1) is 18.4 Å². The first-order valence-electron chi connectivity index (χ1n) is 7.67. The average molecular weight is 329 g/mol. The lowest BCUT2D eigenvalue weighted by Gasteiger charge is -2.18. The molecule has 0 aliphatic rings. The van der Waals surface area contributed by atoms with Crippen LogP contribution in [-0.2, 0) is 4.79 Å². The second kappa shape index (κ2) is 8.06. The third-order valence-corrected chi connectivity index (χ3v) is 4.79. The van der Waals surface area contributed by atoms with Crippen molar-refractivity contribution in [1.82, 2.24) is 5.32 Å². The van der Waals surface area contributed by atoms with Crippen LogP contribution in [-0.4, -0.2) is 18.3 Å². The summed E-state index contributed by atoms with van der Waals surface area (Å²) in [5, 5.41) is 2.92. The Kier molecular flexibility index (Phi) is 6.11. The summed E-state index contributed by atoms with van der Waals surface area (Å²) in [4.78, 5) is 13.4. The third-order valence-electron chi connectivity index (χ3n) is 3.68. The van der Waals surface area contributed by atoms with Crippen LogP contribution in [0.5, 0.6) is 5.75 Å². The van der Waals surface area contributed by atoms with Gasteiger partial charge >= 0.3 is 0 Å². The van der Waals surface area contributed by atoms with Crippen molar-refractivity contribution in [2.45, 2.75) is 37.0 Å². The Morgan fingerprint density at radius 2 is 1.65 bits per heavy atom. The molecule has 0 fully saturated rings. The molecule has 0 radical (unpaired) electrons. The smallest absolute Gasteiger partial charge is 0.233 e. The van der Waals surface area contributed by atoms with Crippen molar-refractivity contribution < 1.29 is 9.53 Å². The molecule has 1 N–H and O–H groups in total. The van der Waals surface area contributed by atoms with E-state index in [1.165, 1.54) is 5.56 Å². The molecule has 2 atom stereocenters. The highest BCUT2D eigenvalue weighted by Crippen LogP contribution is 2.26. The van der Waals surface area contributed by atoms with E-state index in [4.69, 9.17) is 4.74 Å². The fourth-order valence-electron chi connectivity index (χ4n) is 2.18. The van der Waals surface area contributed by atoms with E-state index >= 15 is 0 Å². The van der Waals surface area contributed by atoms with Crippen LogP contribution in [0, 0.1) is 6.92 Å². The van der Waals surface area contributed by atoms with Crippen molar-refractivity contribution in [1.29, 1.82) is 0 Å². The summed E-state index contributed by atoms with van der Waals surface area (Å²) >= 11 is 1.54. The molecule has 0 bridgehead atoms. The molecule has 0 aliphatic heterocycles. The minimum atomic E-state index is -0.156. The van der Waals surface area contributed by atoms with E-state index in [0.29, 0.717) is 0 Å². The van der Waals surface area contributed by atoms with Crippen molar-refractivity contribution in [3.63, 3.8) is 0 Å². The second-order valence-corrected chi connectivity index (χ2v) is 6.99. The second-order valence-electron chi connectivity index (χ2n) is 5.58. The Morgan fingerprint density at radius 3 is 2.22 bits per heavy atom. The topological polar surface area (TPSA) is 38.3 Å². The SMILES string of the molecule is COc1ccc(S[C@H](C)C(=O)N[C@H](C)c2ccc(C)cc2)cc1. The van der Waals surface area contributed by atoms with Gasteiger partial charge in [-0.1, -0.05) is 29.8 Å². The number of carbonyl (C=O) groups excluding carboxylic acids is 1. The number of methoxy groups -OCH3 is 1. The first kappa shape index (κ1) is 17.4. The Balaban J connectivity index is 1.92. The standard InChI is InChI=1S/C19H23NO2S/c1-13-5-7-16(8-6-13)14(2)20-19(21)15(3)23-18-11-9-17(22-4)10-12-18/h5-12,14-15H,1-4H3,(H,20,21)/t14-,15-/m1/s1. The first-order chi connectivity index (χ1) is 11.0. The van der Waals surface area contributed by atoms with Crippen LogP contribution < -0.4 is 10.1 Å². The number of nitrogens with one attached hydrogen (secondary N) is 1. The maximum absolute atomic E-state index is 12.4.